The lowest BCUT2D eigenvalue weighted by Crippen LogP contribution is -2.25. The van der Waals surface area contributed by atoms with Crippen molar-refractivity contribution in [1.29, 1.82) is 0 Å². The van der Waals surface area contributed by atoms with Crippen LogP contribution in [0.1, 0.15) is 20.3 Å². The Labute approximate surface area is 203 Å². The van der Waals surface area contributed by atoms with Gasteiger partial charge in [0, 0.05) is 29.6 Å². The molecule has 0 bridgehead atoms. The first-order valence-electron chi connectivity index (χ1n) is 10.6. The summed E-state index contributed by atoms with van der Waals surface area (Å²) in [5.41, 5.74) is 1.60. The van der Waals surface area contributed by atoms with Gasteiger partial charge >= 0.3 is 0 Å². The van der Waals surface area contributed by atoms with Gasteiger partial charge < -0.3 is 15.0 Å². The summed E-state index contributed by atoms with van der Waals surface area (Å²) in [4.78, 5) is 20.7. The Kier molecular flexibility index (Phi) is 5.60. The van der Waals surface area contributed by atoms with Crippen LogP contribution in [-0.4, -0.2) is 49.1 Å². The number of amides is 1. The van der Waals surface area contributed by atoms with E-state index in [1.54, 1.807) is 23.0 Å². The molecule has 5 rings (SSSR count). The van der Waals surface area contributed by atoms with Gasteiger partial charge in [0.05, 0.1) is 46.4 Å². The van der Waals surface area contributed by atoms with Crippen molar-refractivity contribution in [3.63, 3.8) is 0 Å². The van der Waals surface area contributed by atoms with E-state index in [0.717, 1.165) is 0 Å². The molecule has 0 spiro atoms. The maximum Gasteiger partial charge on any atom is 0.231 e. The monoisotopic (exact) mass is 507 g/mol. The number of aromatic nitrogens is 5. The summed E-state index contributed by atoms with van der Waals surface area (Å²) in [5, 5.41) is 13.1. The molecule has 1 aromatic carbocycles. The number of nitrogens with one attached hydrogen (secondary N) is 3. The molecule has 12 heteroatoms. The smallest absolute Gasteiger partial charge is 0.231 e. The van der Waals surface area contributed by atoms with E-state index in [4.69, 9.17) is 23.2 Å². The average Bonchev–Trinajstić information content (AvgIpc) is 3.17. The molecule has 2 atom stereocenters. The number of hydrogen-bond acceptors (Lipinski definition) is 5. The number of aromatic amines is 1. The van der Waals surface area contributed by atoms with Crippen molar-refractivity contribution in [1.82, 2.24) is 24.6 Å². The molecule has 0 radical (unpaired) electrons. The summed E-state index contributed by atoms with van der Waals surface area (Å²) < 4.78 is 30.2. The predicted molar refractivity (Wildman–Crippen MR) is 128 cm³/mol. The lowest BCUT2D eigenvalue weighted by Gasteiger charge is -2.23. The van der Waals surface area contributed by atoms with Crippen LogP contribution in [0.4, 0.5) is 20.3 Å². The minimum Gasteiger partial charge on any atom is -0.380 e. The van der Waals surface area contributed by atoms with E-state index in [1.807, 2.05) is 13.8 Å². The van der Waals surface area contributed by atoms with Crippen LogP contribution in [0.5, 0.6) is 0 Å². The number of nitrogens with zero attached hydrogens (tertiary/aromatic N) is 4. The van der Waals surface area contributed by atoms with Crippen molar-refractivity contribution in [2.45, 2.75) is 26.4 Å². The lowest BCUT2D eigenvalue weighted by molar-refractivity contribution is -0.117. The van der Waals surface area contributed by atoms with Crippen molar-refractivity contribution in [2.75, 3.05) is 23.1 Å². The maximum atomic E-state index is 15.4. The highest BCUT2D eigenvalue weighted by Crippen LogP contribution is 2.41. The highest BCUT2D eigenvalue weighted by Gasteiger charge is 2.43. The Morgan fingerprint density at radius 3 is 2.82 bits per heavy atom. The van der Waals surface area contributed by atoms with Crippen molar-refractivity contribution >= 4 is 57.2 Å². The van der Waals surface area contributed by atoms with E-state index in [-0.39, 0.29) is 28.4 Å². The zero-order chi connectivity index (χ0) is 24.2. The van der Waals surface area contributed by atoms with Crippen LogP contribution in [0, 0.1) is 17.2 Å². The summed E-state index contributed by atoms with van der Waals surface area (Å²) in [6.07, 6.45) is 5.37. The first-order valence-corrected chi connectivity index (χ1v) is 11.5. The van der Waals surface area contributed by atoms with Gasteiger partial charge in [-0.25, -0.2) is 13.8 Å². The van der Waals surface area contributed by atoms with E-state index < -0.39 is 23.8 Å². The molecule has 8 nitrogen and oxygen atoms in total. The number of halogens is 4. The maximum absolute atomic E-state index is 15.4. The van der Waals surface area contributed by atoms with Gasteiger partial charge in [-0.05, 0) is 11.8 Å². The van der Waals surface area contributed by atoms with Gasteiger partial charge in [0.15, 0.2) is 17.3 Å². The number of carbonyl (C=O) groups excluding carboxylic acids is 1. The van der Waals surface area contributed by atoms with Crippen molar-refractivity contribution in [2.24, 2.45) is 11.3 Å². The third-order valence-electron chi connectivity index (χ3n) is 5.79. The Morgan fingerprint density at radius 1 is 1.35 bits per heavy atom. The minimum atomic E-state index is -1.10. The fraction of sp³-hybridized carbons (Fsp3) is 0.364. The molecule has 1 amide bonds. The molecule has 178 valence electrons. The van der Waals surface area contributed by atoms with Gasteiger partial charge in [0.25, 0.3) is 0 Å². The highest BCUT2D eigenvalue weighted by molar-refractivity contribution is 6.35. The molecule has 3 heterocycles. The quantitative estimate of drug-likeness (QED) is 0.304. The minimum absolute atomic E-state index is 0.108. The lowest BCUT2D eigenvalue weighted by atomic mass is 9.96. The molecular formula is C22H21Cl2F2N7O. The van der Waals surface area contributed by atoms with E-state index in [9.17, 15) is 9.18 Å². The number of alkyl halides is 2. The van der Waals surface area contributed by atoms with Gasteiger partial charge in [-0.3, -0.25) is 14.9 Å². The van der Waals surface area contributed by atoms with Gasteiger partial charge in [0.1, 0.15) is 6.17 Å². The second kappa shape index (κ2) is 8.35. The van der Waals surface area contributed by atoms with Crippen LogP contribution in [-0.2, 0) is 4.79 Å². The first kappa shape index (κ1) is 22.8. The fourth-order valence-electron chi connectivity index (χ4n) is 3.65. The predicted octanol–water partition coefficient (Wildman–Crippen LogP) is 5.04. The number of carbonyl (C=O) groups is 1. The van der Waals surface area contributed by atoms with E-state index in [2.05, 4.69) is 30.8 Å². The Hall–Kier alpha value is -2.98. The summed E-state index contributed by atoms with van der Waals surface area (Å²) in [6, 6.07) is 0. The van der Waals surface area contributed by atoms with Crippen LogP contribution in [0.2, 0.25) is 5.02 Å². The van der Waals surface area contributed by atoms with Gasteiger partial charge in [-0.15, -0.1) is 11.6 Å². The van der Waals surface area contributed by atoms with Crippen LogP contribution in [0.15, 0.2) is 24.8 Å². The number of imidazole rings is 1. The number of benzene rings is 1. The molecule has 1 saturated carbocycles. The van der Waals surface area contributed by atoms with Crippen LogP contribution in [0.25, 0.3) is 27.8 Å². The van der Waals surface area contributed by atoms with Gasteiger partial charge in [0.2, 0.25) is 5.91 Å². The second-order valence-electron chi connectivity index (χ2n) is 9.20. The normalized spacial score (nSPS) is 17.9. The van der Waals surface area contributed by atoms with Crippen molar-refractivity contribution < 1.29 is 13.6 Å². The molecule has 1 fully saturated rings. The number of H-pyrrole nitrogens is 1. The topological polar surface area (TPSA) is 100 Å². The number of rotatable bonds is 7. The van der Waals surface area contributed by atoms with Crippen molar-refractivity contribution in [3.05, 3.63) is 35.6 Å². The van der Waals surface area contributed by atoms with Gasteiger partial charge in [-0.2, -0.15) is 5.10 Å². The summed E-state index contributed by atoms with van der Waals surface area (Å²) >= 11 is 12.5. The Bertz CT molecular complexity index is 1420. The standard InChI is InChI=1S/C22H21Cl2F2N7O/c1-22(2,8-23)9-28-20-18(26)17(24)16(11-4-29-32-19(11)20)13-6-33-7-14(30-15(33)5-27-13)31-21(34)10-3-12(10)25/h4-7,10,12,28H,3,8-9H2,1-2H3,(H,29,32)(H,31,34)/t10-,12+/m1/s1. The molecular weight excluding hydrogens is 487 g/mol. The highest BCUT2D eigenvalue weighted by atomic mass is 35.5. The zero-order valence-electron chi connectivity index (χ0n) is 18.3. The summed E-state index contributed by atoms with van der Waals surface area (Å²) in [6.45, 7) is 4.36. The van der Waals surface area contributed by atoms with Crippen LogP contribution < -0.4 is 10.6 Å². The average molecular weight is 508 g/mol. The summed E-state index contributed by atoms with van der Waals surface area (Å²) in [7, 11) is 0. The summed E-state index contributed by atoms with van der Waals surface area (Å²) in [5.74, 6) is -1.00. The number of hydrogen-bond donors (Lipinski definition) is 3. The number of fused-ring (bicyclic) bond motifs is 2. The third-order valence-corrected chi connectivity index (χ3v) is 6.87. The third kappa shape index (κ3) is 4.05. The first-order chi connectivity index (χ1) is 16.2. The molecule has 3 N–H and O–H groups in total. The molecule has 34 heavy (non-hydrogen) atoms. The Morgan fingerprint density at radius 2 is 2.12 bits per heavy atom. The second-order valence-corrected chi connectivity index (χ2v) is 9.84. The molecule has 0 aliphatic heterocycles. The van der Waals surface area contributed by atoms with E-state index in [0.29, 0.717) is 40.2 Å². The SMILES string of the molecule is CC(C)(CCl)CNc1c(F)c(Cl)c(-c2cn3cc(NC(=O)[C@@H]4C[C@@H]4F)nc3cn2)c2cn[nH]c12. The molecule has 1 aliphatic carbocycles. The fourth-order valence-corrected chi connectivity index (χ4v) is 4.04. The molecule has 4 aromatic rings. The number of anilines is 2. The van der Waals surface area contributed by atoms with E-state index in [1.165, 1.54) is 6.20 Å². The molecule has 0 saturated heterocycles. The molecule has 1 aliphatic rings. The van der Waals surface area contributed by atoms with E-state index >= 15 is 4.39 Å². The van der Waals surface area contributed by atoms with Crippen molar-refractivity contribution in [3.8, 4) is 11.3 Å². The molecule has 0 unspecified atom stereocenters. The van der Waals surface area contributed by atoms with Gasteiger partial charge in [-0.1, -0.05) is 25.4 Å². The van der Waals surface area contributed by atoms with Crippen LogP contribution in [0.3, 0.4) is 0 Å². The largest absolute Gasteiger partial charge is 0.380 e. The Balaban J connectivity index is 1.52. The van der Waals surface area contributed by atoms with Crippen LogP contribution >= 0.6 is 23.2 Å². The molecule has 3 aromatic heterocycles. The zero-order valence-corrected chi connectivity index (χ0v) is 19.8.